The number of ether oxygens (including phenoxy) is 2. The molecule has 0 fully saturated rings. The van der Waals surface area contributed by atoms with Gasteiger partial charge in [-0.25, -0.2) is 9.79 Å². The average Bonchev–Trinajstić information content (AvgIpc) is 1.87. The Bertz CT molecular complexity index is 124. The van der Waals surface area contributed by atoms with Crippen LogP contribution >= 0.6 is 0 Å². The van der Waals surface area contributed by atoms with Gasteiger partial charge in [-0.1, -0.05) is 0 Å². The molecule has 0 spiro atoms. The molecule has 0 bridgehead atoms. The van der Waals surface area contributed by atoms with Crippen LogP contribution in [0.4, 0.5) is 4.79 Å². The van der Waals surface area contributed by atoms with Crippen molar-refractivity contribution in [3.63, 3.8) is 0 Å². The number of carbonyl (C=O) groups is 1. The Morgan fingerprint density at radius 2 is 2.50 bits per heavy atom. The number of nitrogens with two attached hydrogens (primary N) is 1. The lowest BCUT2D eigenvalue weighted by molar-refractivity contribution is -0.0135. The van der Waals surface area contributed by atoms with Crippen LogP contribution in [0.15, 0.2) is 4.99 Å². The average molecular weight is 146 g/mol. The van der Waals surface area contributed by atoms with Crippen molar-refractivity contribution in [2.45, 2.75) is 0 Å². The first kappa shape index (κ1) is 9.06. The minimum absolute atomic E-state index is 0.185. The van der Waals surface area contributed by atoms with Gasteiger partial charge in [0.1, 0.15) is 6.79 Å². The Labute approximate surface area is 58.8 Å². The third-order valence-corrected chi connectivity index (χ3v) is 0.612. The lowest BCUT2D eigenvalue weighted by Gasteiger charge is -1.94. The van der Waals surface area contributed by atoms with E-state index in [4.69, 9.17) is 4.74 Å². The first-order chi connectivity index (χ1) is 4.77. The van der Waals surface area contributed by atoms with Gasteiger partial charge < -0.3 is 15.2 Å². The maximum Gasteiger partial charge on any atom is 0.338 e. The zero-order valence-electron chi connectivity index (χ0n) is 5.74. The Balaban J connectivity index is 3.10. The fourth-order valence-corrected chi connectivity index (χ4v) is 0.311. The molecule has 0 radical (unpaired) electrons. The van der Waals surface area contributed by atoms with E-state index in [1.165, 1.54) is 13.3 Å². The molecule has 0 aliphatic heterocycles. The number of hydrogen-bond acceptors (Lipinski definition) is 3. The summed E-state index contributed by atoms with van der Waals surface area (Å²) in [5.74, 6) is 0. The summed E-state index contributed by atoms with van der Waals surface area (Å²) < 4.78 is 9.30. The van der Waals surface area contributed by atoms with E-state index in [0.29, 0.717) is 0 Å². The predicted molar refractivity (Wildman–Crippen MR) is 35.9 cm³/mol. The van der Waals surface area contributed by atoms with Gasteiger partial charge in [-0.2, -0.15) is 0 Å². The Morgan fingerprint density at radius 3 is 3.00 bits per heavy atom. The molecule has 0 aliphatic rings. The molecule has 0 aromatic heterocycles. The van der Waals surface area contributed by atoms with Crippen molar-refractivity contribution >= 4 is 12.2 Å². The van der Waals surface area contributed by atoms with Crippen LogP contribution in [-0.2, 0) is 9.47 Å². The molecule has 0 aliphatic carbocycles. The van der Waals surface area contributed by atoms with E-state index in [1.54, 1.807) is 0 Å². The molecule has 0 saturated heterocycles. The summed E-state index contributed by atoms with van der Waals surface area (Å²) in [5, 5.41) is 0. The molecule has 10 heavy (non-hydrogen) atoms. The summed E-state index contributed by atoms with van der Waals surface area (Å²) in [6, 6.07) is -0.721. The Morgan fingerprint density at radius 1 is 1.80 bits per heavy atom. The summed E-state index contributed by atoms with van der Waals surface area (Å²) in [6.07, 6.45) is 1.28. The van der Waals surface area contributed by atoms with Crippen LogP contribution in [0.1, 0.15) is 0 Å². The van der Waals surface area contributed by atoms with Gasteiger partial charge in [0, 0.05) is 13.3 Å². The molecule has 2 N–H and O–H groups in total. The summed E-state index contributed by atoms with van der Waals surface area (Å²) in [4.78, 5) is 13.2. The van der Waals surface area contributed by atoms with Gasteiger partial charge >= 0.3 is 6.03 Å². The SMILES string of the molecule is COCOCC=NC(N)=O. The van der Waals surface area contributed by atoms with Gasteiger partial charge in [0.05, 0.1) is 6.61 Å². The van der Waals surface area contributed by atoms with Crippen LogP contribution in [0, 0.1) is 0 Å². The molecule has 0 aromatic rings. The molecular weight excluding hydrogens is 136 g/mol. The molecular formula is C5H10N2O3. The zero-order valence-corrected chi connectivity index (χ0v) is 5.74. The molecule has 0 aromatic carbocycles. The predicted octanol–water partition coefficient (Wildman–Crippen LogP) is -0.244. The number of primary amides is 1. The third kappa shape index (κ3) is 7.06. The Kier molecular flexibility index (Phi) is 5.60. The summed E-state index contributed by atoms with van der Waals surface area (Å²) >= 11 is 0. The van der Waals surface area contributed by atoms with Crippen molar-refractivity contribution < 1.29 is 14.3 Å². The normalized spacial score (nSPS) is 10.5. The van der Waals surface area contributed by atoms with Crippen LogP contribution in [0.5, 0.6) is 0 Å². The van der Waals surface area contributed by atoms with E-state index < -0.39 is 6.03 Å². The van der Waals surface area contributed by atoms with Crippen molar-refractivity contribution in [2.75, 3.05) is 20.5 Å². The summed E-state index contributed by atoms with van der Waals surface area (Å²) in [6.45, 7) is 0.418. The largest absolute Gasteiger partial charge is 0.359 e. The van der Waals surface area contributed by atoms with E-state index >= 15 is 0 Å². The standard InChI is InChI=1S/C5H10N2O3/c1-9-4-10-3-2-7-5(6)8/h2H,3-4H2,1H3,(H2,6,8). The van der Waals surface area contributed by atoms with Crippen molar-refractivity contribution in [3.05, 3.63) is 0 Å². The van der Waals surface area contributed by atoms with E-state index in [2.05, 4.69) is 15.5 Å². The second kappa shape index (κ2) is 6.18. The van der Waals surface area contributed by atoms with Crippen LogP contribution in [0.2, 0.25) is 0 Å². The van der Waals surface area contributed by atoms with E-state index in [1.807, 2.05) is 0 Å². The molecule has 58 valence electrons. The number of hydrogen-bond donors (Lipinski definition) is 1. The zero-order chi connectivity index (χ0) is 7.82. The van der Waals surface area contributed by atoms with Crippen molar-refractivity contribution in [1.82, 2.24) is 0 Å². The second-order valence-electron chi connectivity index (χ2n) is 1.43. The van der Waals surface area contributed by atoms with Gasteiger partial charge in [-0.05, 0) is 0 Å². The highest BCUT2D eigenvalue weighted by molar-refractivity contribution is 5.82. The van der Waals surface area contributed by atoms with Gasteiger partial charge in [0.15, 0.2) is 0 Å². The molecule has 0 atom stereocenters. The fourth-order valence-electron chi connectivity index (χ4n) is 0.311. The number of aliphatic imine (C=N–C) groups is 1. The number of amides is 2. The highest BCUT2D eigenvalue weighted by Crippen LogP contribution is 1.72. The van der Waals surface area contributed by atoms with Gasteiger partial charge in [-0.15, -0.1) is 0 Å². The number of carbonyl (C=O) groups excluding carboxylic acids is 1. The van der Waals surface area contributed by atoms with Crippen LogP contribution in [-0.4, -0.2) is 32.8 Å². The quantitative estimate of drug-likeness (QED) is 0.338. The maximum atomic E-state index is 9.97. The van der Waals surface area contributed by atoms with Gasteiger partial charge in [0.2, 0.25) is 0 Å². The topological polar surface area (TPSA) is 73.9 Å². The summed E-state index contributed by atoms with van der Waals surface area (Å²) in [7, 11) is 1.51. The van der Waals surface area contributed by atoms with Crippen LogP contribution < -0.4 is 5.73 Å². The minimum atomic E-state index is -0.721. The minimum Gasteiger partial charge on any atom is -0.359 e. The number of rotatable bonds is 4. The molecule has 0 unspecified atom stereocenters. The first-order valence-electron chi connectivity index (χ1n) is 2.66. The number of nitrogens with zero attached hydrogens (tertiary/aromatic N) is 1. The van der Waals surface area contributed by atoms with Crippen LogP contribution in [0.25, 0.3) is 0 Å². The van der Waals surface area contributed by atoms with Crippen molar-refractivity contribution in [1.29, 1.82) is 0 Å². The number of methoxy groups -OCH3 is 1. The smallest absolute Gasteiger partial charge is 0.338 e. The van der Waals surface area contributed by atoms with E-state index in [-0.39, 0.29) is 13.4 Å². The monoisotopic (exact) mass is 146 g/mol. The lowest BCUT2D eigenvalue weighted by Crippen LogP contribution is -2.06. The first-order valence-corrected chi connectivity index (χ1v) is 2.66. The molecule has 2 amide bonds. The van der Waals surface area contributed by atoms with Crippen molar-refractivity contribution in [2.24, 2.45) is 10.7 Å². The maximum absolute atomic E-state index is 9.97. The van der Waals surface area contributed by atoms with Gasteiger partial charge in [0.25, 0.3) is 0 Å². The fraction of sp³-hybridized carbons (Fsp3) is 0.600. The van der Waals surface area contributed by atoms with Crippen LogP contribution in [0.3, 0.4) is 0 Å². The molecule has 0 heterocycles. The van der Waals surface area contributed by atoms with E-state index in [0.717, 1.165) is 0 Å². The van der Waals surface area contributed by atoms with Gasteiger partial charge in [-0.3, -0.25) is 0 Å². The highest BCUT2D eigenvalue weighted by Gasteiger charge is 1.82. The second-order valence-corrected chi connectivity index (χ2v) is 1.43. The Hall–Kier alpha value is -0.940. The molecule has 5 nitrogen and oxygen atoms in total. The highest BCUT2D eigenvalue weighted by atomic mass is 16.7. The lowest BCUT2D eigenvalue weighted by atomic mass is 10.8. The summed E-state index contributed by atoms with van der Waals surface area (Å²) in [5.41, 5.74) is 4.68. The van der Waals surface area contributed by atoms with E-state index in [9.17, 15) is 4.79 Å². The molecule has 0 saturated carbocycles. The molecule has 0 rings (SSSR count). The van der Waals surface area contributed by atoms with Crippen molar-refractivity contribution in [3.8, 4) is 0 Å². The number of urea groups is 1. The third-order valence-electron chi connectivity index (χ3n) is 0.612. The molecule has 5 heteroatoms.